The number of hydrogen-bond acceptors (Lipinski definition) is 8. The minimum Gasteiger partial charge on any atom is -0.443 e. The number of ether oxygens (including phenoxy) is 1. The molecule has 0 aromatic heterocycles. The Labute approximate surface area is 235 Å². The first kappa shape index (κ1) is 32.5. The van der Waals surface area contributed by atoms with E-state index in [1.165, 1.54) is 0 Å². The highest BCUT2D eigenvalue weighted by molar-refractivity contribution is 5.97. The molecule has 2 rings (SSSR count). The normalized spacial score (nSPS) is 13.4. The number of benzene rings is 2. The van der Waals surface area contributed by atoms with Crippen LogP contribution in [0.4, 0.5) is 4.79 Å². The second kappa shape index (κ2) is 15.7. The van der Waals surface area contributed by atoms with Crippen molar-refractivity contribution < 1.29 is 34.1 Å². The molecule has 0 saturated heterocycles. The lowest BCUT2D eigenvalue weighted by Crippen LogP contribution is -2.55. The van der Waals surface area contributed by atoms with Gasteiger partial charge in [0.05, 0.1) is 12.0 Å². The van der Waals surface area contributed by atoms with E-state index in [0.717, 1.165) is 16.9 Å². The molecule has 0 aliphatic rings. The van der Waals surface area contributed by atoms with Gasteiger partial charge in [0.15, 0.2) is 0 Å². The van der Waals surface area contributed by atoms with Crippen LogP contribution in [0.1, 0.15) is 70.4 Å². The Morgan fingerprint density at radius 3 is 2.12 bits per heavy atom. The molecule has 0 heterocycles. The summed E-state index contributed by atoms with van der Waals surface area (Å²) in [6.07, 6.45) is 0.956. The number of nitrogens with two attached hydrogens (primary N) is 1. The second-order valence-corrected chi connectivity index (χ2v) is 10.6. The molecule has 10 nitrogen and oxygen atoms in total. The highest BCUT2D eigenvalue weighted by Crippen LogP contribution is 2.23. The van der Waals surface area contributed by atoms with Gasteiger partial charge in [-0.05, 0) is 51.2 Å². The SMILES string of the molecule is CCCC[C@H](NC(=O)[C@@H](N)Cc1ccccc1)C(=O)N(CCC(C(=O)OO)c1ccccc1)C(=O)OC(C)(C)C. The molecule has 3 amide bonds. The fourth-order valence-corrected chi connectivity index (χ4v) is 4.13. The van der Waals surface area contributed by atoms with Gasteiger partial charge >= 0.3 is 12.1 Å². The predicted molar refractivity (Wildman–Crippen MR) is 150 cm³/mol. The molecule has 4 N–H and O–H groups in total. The van der Waals surface area contributed by atoms with Crippen molar-refractivity contribution in [2.45, 2.75) is 83.4 Å². The Morgan fingerprint density at radius 1 is 0.975 bits per heavy atom. The van der Waals surface area contributed by atoms with Crippen LogP contribution < -0.4 is 11.1 Å². The van der Waals surface area contributed by atoms with Crippen LogP contribution in [0.2, 0.25) is 0 Å². The Bertz CT molecular complexity index is 1100. The summed E-state index contributed by atoms with van der Waals surface area (Å²) >= 11 is 0. The summed E-state index contributed by atoms with van der Waals surface area (Å²) in [6.45, 7) is 6.73. The average molecular weight is 556 g/mol. The van der Waals surface area contributed by atoms with Crippen molar-refractivity contribution in [3.63, 3.8) is 0 Å². The van der Waals surface area contributed by atoms with Gasteiger partial charge in [-0.15, -0.1) is 0 Å². The van der Waals surface area contributed by atoms with Crippen LogP contribution in [-0.4, -0.2) is 58.3 Å². The first-order valence-electron chi connectivity index (χ1n) is 13.5. The van der Waals surface area contributed by atoms with Crippen molar-refractivity contribution in [3.05, 3.63) is 71.8 Å². The number of unbranched alkanes of at least 4 members (excludes halogenated alkanes) is 1. The molecule has 1 unspecified atom stereocenters. The van der Waals surface area contributed by atoms with Crippen LogP contribution in [0.15, 0.2) is 60.7 Å². The maximum atomic E-state index is 13.8. The molecule has 10 heteroatoms. The number of nitrogens with zero attached hydrogens (tertiary/aromatic N) is 1. The molecule has 218 valence electrons. The van der Waals surface area contributed by atoms with E-state index in [0.29, 0.717) is 12.0 Å². The zero-order chi connectivity index (χ0) is 29.7. The van der Waals surface area contributed by atoms with Gasteiger partial charge in [0.2, 0.25) is 5.91 Å². The van der Waals surface area contributed by atoms with Crippen molar-refractivity contribution in [2.75, 3.05) is 6.54 Å². The predicted octanol–water partition coefficient (Wildman–Crippen LogP) is 4.19. The van der Waals surface area contributed by atoms with Crippen LogP contribution in [-0.2, 0) is 30.4 Å². The standard InChI is InChI=1S/C30H41N3O7/c1-5-6-17-25(32-26(34)24(31)20-21-13-9-7-10-14-21)27(35)33(29(37)39-30(2,3)4)19-18-23(28(36)40-38)22-15-11-8-12-16-22/h7-16,23-25,38H,5-6,17-20,31H2,1-4H3,(H,32,34)/t23?,24-,25-/m0/s1. The molecule has 2 aromatic carbocycles. The fraction of sp³-hybridized carbons (Fsp3) is 0.467. The van der Waals surface area contributed by atoms with Gasteiger partial charge in [-0.25, -0.2) is 14.5 Å². The summed E-state index contributed by atoms with van der Waals surface area (Å²) in [5.74, 6) is -3.07. The summed E-state index contributed by atoms with van der Waals surface area (Å²) in [6, 6.07) is 15.9. The first-order chi connectivity index (χ1) is 19.0. The van der Waals surface area contributed by atoms with Crippen LogP contribution >= 0.6 is 0 Å². The molecule has 0 bridgehead atoms. The van der Waals surface area contributed by atoms with E-state index in [-0.39, 0.29) is 25.8 Å². The quantitative estimate of drug-likeness (QED) is 0.246. The summed E-state index contributed by atoms with van der Waals surface area (Å²) in [7, 11) is 0. The molecular formula is C30H41N3O7. The fourth-order valence-electron chi connectivity index (χ4n) is 4.13. The van der Waals surface area contributed by atoms with Crippen LogP contribution in [0.3, 0.4) is 0 Å². The Hall–Kier alpha value is -3.76. The van der Waals surface area contributed by atoms with Crippen LogP contribution in [0.25, 0.3) is 0 Å². The number of carbonyl (C=O) groups is 4. The van der Waals surface area contributed by atoms with Gasteiger partial charge in [-0.2, -0.15) is 5.26 Å². The minimum atomic E-state index is -1.04. The van der Waals surface area contributed by atoms with E-state index in [1.807, 2.05) is 37.3 Å². The van der Waals surface area contributed by atoms with Crippen LogP contribution in [0, 0.1) is 0 Å². The van der Waals surface area contributed by atoms with Gasteiger partial charge < -0.3 is 20.7 Å². The number of hydrogen-bond donors (Lipinski definition) is 3. The van der Waals surface area contributed by atoms with Gasteiger partial charge in [-0.1, -0.05) is 80.4 Å². The lowest BCUT2D eigenvalue weighted by molar-refractivity contribution is -0.236. The van der Waals surface area contributed by atoms with Gasteiger partial charge in [0.25, 0.3) is 5.91 Å². The van der Waals surface area contributed by atoms with Crippen LogP contribution in [0.5, 0.6) is 0 Å². The third-order valence-corrected chi connectivity index (χ3v) is 6.19. The number of imide groups is 1. The maximum Gasteiger partial charge on any atom is 0.417 e. The summed E-state index contributed by atoms with van der Waals surface area (Å²) in [5, 5.41) is 11.8. The van der Waals surface area contributed by atoms with Crippen molar-refractivity contribution in [3.8, 4) is 0 Å². The highest BCUT2D eigenvalue weighted by atomic mass is 17.1. The van der Waals surface area contributed by atoms with Crippen molar-refractivity contribution >= 4 is 23.9 Å². The Kier molecular flexibility index (Phi) is 12.8. The molecule has 0 aliphatic carbocycles. The molecule has 3 atom stereocenters. The topological polar surface area (TPSA) is 148 Å². The summed E-state index contributed by atoms with van der Waals surface area (Å²) in [4.78, 5) is 57.3. The summed E-state index contributed by atoms with van der Waals surface area (Å²) < 4.78 is 5.50. The third-order valence-electron chi connectivity index (χ3n) is 6.19. The Balaban J connectivity index is 2.29. The van der Waals surface area contributed by atoms with Gasteiger partial charge in [-0.3, -0.25) is 9.59 Å². The molecule has 40 heavy (non-hydrogen) atoms. The number of rotatable bonds is 13. The number of amides is 3. The van der Waals surface area contributed by atoms with Gasteiger partial charge in [0, 0.05) is 6.54 Å². The molecular weight excluding hydrogens is 514 g/mol. The summed E-state index contributed by atoms with van der Waals surface area (Å²) in [5.41, 5.74) is 6.67. The average Bonchev–Trinajstić information content (AvgIpc) is 2.92. The van der Waals surface area contributed by atoms with E-state index in [4.69, 9.17) is 15.7 Å². The zero-order valence-corrected chi connectivity index (χ0v) is 23.7. The molecule has 0 aliphatic heterocycles. The zero-order valence-electron chi connectivity index (χ0n) is 23.7. The molecule has 0 radical (unpaired) electrons. The lowest BCUT2D eigenvalue weighted by atomic mass is 9.95. The molecule has 0 spiro atoms. The van der Waals surface area contributed by atoms with E-state index in [2.05, 4.69) is 10.2 Å². The second-order valence-electron chi connectivity index (χ2n) is 10.6. The molecule has 0 saturated carbocycles. The van der Waals surface area contributed by atoms with E-state index >= 15 is 0 Å². The Morgan fingerprint density at radius 2 is 1.57 bits per heavy atom. The molecule has 2 aromatic rings. The minimum absolute atomic E-state index is 0.0453. The number of nitrogens with one attached hydrogen (secondary N) is 1. The number of carbonyl (C=O) groups excluding carboxylic acids is 4. The molecule has 0 fully saturated rings. The van der Waals surface area contributed by atoms with E-state index < -0.39 is 47.5 Å². The smallest absolute Gasteiger partial charge is 0.417 e. The lowest BCUT2D eigenvalue weighted by Gasteiger charge is -2.30. The van der Waals surface area contributed by atoms with Crippen molar-refractivity contribution in [1.29, 1.82) is 0 Å². The maximum absolute atomic E-state index is 13.8. The van der Waals surface area contributed by atoms with E-state index in [1.54, 1.807) is 51.1 Å². The highest BCUT2D eigenvalue weighted by Gasteiger charge is 2.35. The van der Waals surface area contributed by atoms with Gasteiger partial charge in [0.1, 0.15) is 11.6 Å². The van der Waals surface area contributed by atoms with Crippen molar-refractivity contribution in [1.82, 2.24) is 10.2 Å². The first-order valence-corrected chi connectivity index (χ1v) is 13.5. The van der Waals surface area contributed by atoms with E-state index in [9.17, 15) is 19.2 Å². The van der Waals surface area contributed by atoms with Crippen molar-refractivity contribution in [2.24, 2.45) is 5.73 Å². The third kappa shape index (κ3) is 10.4. The largest absolute Gasteiger partial charge is 0.443 e. The monoisotopic (exact) mass is 555 g/mol.